The maximum atomic E-state index is 14.1. The highest BCUT2D eigenvalue weighted by atomic mass is 127. The van der Waals surface area contributed by atoms with Crippen molar-refractivity contribution in [3.05, 3.63) is 43.7 Å². The Labute approximate surface area is 395 Å². The first kappa shape index (κ1) is 48.8. The van der Waals surface area contributed by atoms with E-state index in [4.69, 9.17) is 5.11 Å². The van der Waals surface area contributed by atoms with E-state index in [1.165, 1.54) is 4.90 Å². The number of aliphatic hydroxyl groups excluding tert-OH is 5. The number of nitrogens with zero attached hydrogens (tertiary/aromatic N) is 2. The summed E-state index contributed by atoms with van der Waals surface area (Å²) in [6, 6.07) is -0.448. The number of hydrogen-bond donors (Lipinski definition) is 10. The lowest BCUT2D eigenvalue weighted by molar-refractivity contribution is -0.119. The van der Waals surface area contributed by atoms with Crippen LogP contribution in [0.25, 0.3) is 0 Å². The summed E-state index contributed by atoms with van der Waals surface area (Å²) in [5, 5.41) is 68.3. The lowest BCUT2D eigenvalue weighted by Gasteiger charge is -2.33. The molecular formula is C31H34I6N6O12. The first-order chi connectivity index (χ1) is 25.9. The van der Waals surface area contributed by atoms with Crippen LogP contribution in [-0.4, -0.2) is 141 Å². The highest BCUT2D eigenvalue weighted by Gasteiger charge is 2.35. The molecule has 1 aliphatic heterocycles. The molecule has 0 aliphatic carbocycles. The van der Waals surface area contributed by atoms with Crippen molar-refractivity contribution in [2.75, 3.05) is 63.2 Å². The highest BCUT2D eigenvalue weighted by Crippen LogP contribution is 2.38. The van der Waals surface area contributed by atoms with Crippen LogP contribution >= 0.6 is 136 Å². The van der Waals surface area contributed by atoms with Crippen LogP contribution in [0, 0.1) is 21.4 Å². The van der Waals surface area contributed by atoms with E-state index in [0.29, 0.717) is 25.0 Å². The van der Waals surface area contributed by atoms with Crippen LogP contribution in [0.1, 0.15) is 60.7 Å². The molecule has 2 aromatic rings. The number of amides is 6. The topological polar surface area (TPSA) is 278 Å². The second-order valence-corrected chi connectivity index (χ2v) is 18.1. The van der Waals surface area contributed by atoms with Crippen molar-refractivity contribution in [3.63, 3.8) is 0 Å². The molecule has 6 amide bonds. The van der Waals surface area contributed by atoms with Crippen molar-refractivity contribution in [2.24, 2.45) is 0 Å². The third kappa shape index (κ3) is 12.0. The van der Waals surface area contributed by atoms with Crippen LogP contribution in [0.2, 0.25) is 0 Å². The van der Waals surface area contributed by atoms with Crippen molar-refractivity contribution in [2.45, 2.75) is 31.4 Å². The molecule has 1 fully saturated rings. The second-order valence-electron chi connectivity index (χ2n) is 11.6. The molecule has 1 unspecified atom stereocenters. The summed E-state index contributed by atoms with van der Waals surface area (Å²) in [5.41, 5.74) is 0.321. The van der Waals surface area contributed by atoms with Gasteiger partial charge in [0.05, 0.1) is 67.2 Å². The van der Waals surface area contributed by atoms with Crippen LogP contribution < -0.4 is 21.3 Å². The van der Waals surface area contributed by atoms with Gasteiger partial charge in [0.15, 0.2) is 0 Å². The number of halogens is 6. The summed E-state index contributed by atoms with van der Waals surface area (Å²) in [6.45, 7) is -2.78. The van der Waals surface area contributed by atoms with Crippen LogP contribution in [0.3, 0.4) is 0 Å². The zero-order valence-corrected chi connectivity index (χ0v) is 41.2. The number of likely N-dealkylation sites (tertiary alicyclic amines) is 1. The van der Waals surface area contributed by atoms with Gasteiger partial charge in [-0.3, -0.25) is 34.0 Å². The number of carbonyl (C=O) groups excluding carboxylic acids is 6. The second kappa shape index (κ2) is 22.7. The van der Waals surface area contributed by atoms with E-state index in [1.807, 2.05) is 136 Å². The molecule has 10 N–H and O–H groups in total. The van der Waals surface area contributed by atoms with Crippen molar-refractivity contribution >= 4 is 182 Å². The molecule has 1 aliphatic rings. The summed E-state index contributed by atoms with van der Waals surface area (Å²) in [7, 11) is 0. The van der Waals surface area contributed by atoms with E-state index in [1.54, 1.807) is 0 Å². The first-order valence-corrected chi connectivity index (χ1v) is 22.4. The SMILES string of the molecule is O=C(CO)Nc1c(I)c(C(=O)NCC(O)CO)c(I)c(C(=O)NC2CCN(C(=O)c3c(I)c(NC(=O)CO)c(I)c(C(=O)N(O)CCCO)c3I)CC2)c1I. The molecule has 0 radical (unpaired) electrons. The van der Waals surface area contributed by atoms with E-state index in [9.17, 15) is 54.4 Å². The first-order valence-electron chi connectivity index (χ1n) is 16.0. The van der Waals surface area contributed by atoms with Gasteiger partial charge in [-0.25, -0.2) is 5.06 Å². The Morgan fingerprint density at radius 1 is 0.709 bits per heavy atom. The van der Waals surface area contributed by atoms with Crippen molar-refractivity contribution < 1.29 is 59.5 Å². The molecule has 24 heteroatoms. The molecule has 3 rings (SSSR count). The quantitative estimate of drug-likeness (QED) is 0.0691. The Morgan fingerprint density at radius 2 is 1.18 bits per heavy atom. The van der Waals surface area contributed by atoms with Crippen LogP contribution in [-0.2, 0) is 9.59 Å². The third-order valence-electron chi connectivity index (χ3n) is 7.92. The van der Waals surface area contributed by atoms with Gasteiger partial charge in [0.1, 0.15) is 13.2 Å². The number of hydrogen-bond acceptors (Lipinski definition) is 12. The average Bonchev–Trinajstić information content (AvgIpc) is 3.15. The minimum absolute atomic E-state index is 0.0254. The zero-order chi connectivity index (χ0) is 41.3. The number of benzene rings is 2. The van der Waals surface area contributed by atoms with Gasteiger partial charge in [-0.2, -0.15) is 0 Å². The van der Waals surface area contributed by atoms with Crippen molar-refractivity contribution in [3.8, 4) is 0 Å². The summed E-state index contributed by atoms with van der Waals surface area (Å²) in [4.78, 5) is 80.7. The van der Waals surface area contributed by atoms with Crippen molar-refractivity contribution in [1.82, 2.24) is 20.6 Å². The van der Waals surface area contributed by atoms with Gasteiger partial charge in [-0.15, -0.1) is 0 Å². The number of piperidine rings is 1. The molecule has 0 aromatic heterocycles. The van der Waals surface area contributed by atoms with Crippen LogP contribution in [0.4, 0.5) is 11.4 Å². The van der Waals surface area contributed by atoms with Gasteiger partial charge in [0.25, 0.3) is 23.6 Å². The molecule has 18 nitrogen and oxygen atoms in total. The number of anilines is 2. The molecule has 0 spiro atoms. The van der Waals surface area contributed by atoms with Gasteiger partial charge >= 0.3 is 0 Å². The van der Waals surface area contributed by atoms with Crippen LogP contribution in [0.5, 0.6) is 0 Å². The number of carbonyl (C=O) groups is 6. The molecular weight excluding hydrogens is 1410 g/mol. The number of hydroxylamine groups is 2. The van der Waals surface area contributed by atoms with Gasteiger partial charge in [0.2, 0.25) is 11.8 Å². The Balaban J connectivity index is 1.93. The summed E-state index contributed by atoms with van der Waals surface area (Å²) in [6.07, 6.45) is -0.569. The molecule has 1 saturated heterocycles. The Kier molecular flexibility index (Phi) is 20.1. The summed E-state index contributed by atoms with van der Waals surface area (Å²) >= 11 is 11.1. The van der Waals surface area contributed by atoms with E-state index < -0.39 is 67.4 Å². The van der Waals surface area contributed by atoms with Gasteiger partial charge < -0.3 is 51.7 Å². The van der Waals surface area contributed by atoms with Crippen molar-refractivity contribution in [1.29, 1.82) is 0 Å². The predicted molar refractivity (Wildman–Crippen MR) is 247 cm³/mol. The lowest BCUT2D eigenvalue weighted by atomic mass is 10.0. The maximum Gasteiger partial charge on any atom is 0.279 e. The number of nitrogens with one attached hydrogen (secondary N) is 4. The standard InChI is InChI=1S/C31H34I6N6O12/c32-20-16(28(51)38-8-13(48)9-45)22(34)26(40-14(49)10-46)23(35)17(20)29(52)39-12-2-5-42(6-3-12)30(53)18-21(33)19(31(54)43(55)4-1-7-44)25(37)27(24(18)36)41-15(50)11-47/h12-13,44-48,55H,1-11H2,(H,38,51)(H,39,52)(H,40,49)(H,41,50). The predicted octanol–water partition coefficient (Wildman–Crippen LogP) is 1.51. The van der Waals surface area contributed by atoms with E-state index in [-0.39, 0.29) is 87.1 Å². The maximum absolute atomic E-state index is 14.1. The Hall–Kier alpha value is -0.600. The van der Waals surface area contributed by atoms with Crippen LogP contribution in [0.15, 0.2) is 0 Å². The molecule has 1 heterocycles. The summed E-state index contributed by atoms with van der Waals surface area (Å²) in [5.74, 6) is -4.19. The highest BCUT2D eigenvalue weighted by molar-refractivity contribution is 14.1. The smallest absolute Gasteiger partial charge is 0.279 e. The minimum atomic E-state index is -1.23. The number of rotatable bonds is 15. The summed E-state index contributed by atoms with van der Waals surface area (Å²) < 4.78 is 1.53. The fraction of sp³-hybridized carbons (Fsp3) is 0.419. The third-order valence-corrected chi connectivity index (χ3v) is 14.4. The van der Waals surface area contributed by atoms with E-state index in [0.717, 1.165) is 0 Å². The largest absolute Gasteiger partial charge is 0.396 e. The fourth-order valence-electron chi connectivity index (χ4n) is 5.14. The molecule has 1 atom stereocenters. The fourth-order valence-corrected chi connectivity index (χ4v) is 13.9. The zero-order valence-electron chi connectivity index (χ0n) is 28.2. The monoisotopic (exact) mass is 1440 g/mol. The minimum Gasteiger partial charge on any atom is -0.396 e. The normalized spacial score (nSPS) is 13.6. The van der Waals surface area contributed by atoms with Gasteiger partial charge in [-0.1, -0.05) is 0 Å². The Bertz CT molecular complexity index is 1850. The van der Waals surface area contributed by atoms with Gasteiger partial charge in [0, 0.05) is 39.4 Å². The van der Waals surface area contributed by atoms with Gasteiger partial charge in [-0.05, 0) is 155 Å². The molecule has 302 valence electrons. The van der Waals surface area contributed by atoms with E-state index >= 15 is 0 Å². The Morgan fingerprint density at radius 3 is 1.67 bits per heavy atom. The molecule has 55 heavy (non-hydrogen) atoms. The number of aliphatic hydroxyl groups is 5. The molecule has 0 bridgehead atoms. The van der Waals surface area contributed by atoms with E-state index in [2.05, 4.69) is 21.3 Å². The molecule has 0 saturated carbocycles. The lowest BCUT2D eigenvalue weighted by Crippen LogP contribution is -2.47. The molecule has 2 aromatic carbocycles. The average molecular weight is 1440 g/mol.